The predicted octanol–water partition coefficient (Wildman–Crippen LogP) is 4.39. The maximum Gasteiger partial charge on any atom is 0.179 e. The van der Waals surface area contributed by atoms with E-state index in [4.69, 9.17) is 11.6 Å². The van der Waals surface area contributed by atoms with Gasteiger partial charge in [-0.15, -0.1) is 11.6 Å². The van der Waals surface area contributed by atoms with Gasteiger partial charge >= 0.3 is 0 Å². The molecular weight excluding hydrogens is 278 g/mol. The van der Waals surface area contributed by atoms with Gasteiger partial charge in [-0.1, -0.05) is 0 Å². The standard InChI is InChI=1S/C15H18ClNOS/c1-10(6-13-4-5-19-9-13)17-11(2)7-14(12(17)3)15(18)8-16/h4-5,7,9-10H,6,8H2,1-3H3. The number of hydrogen-bond acceptors (Lipinski definition) is 2. The Bertz CT molecular complexity index is 571. The van der Waals surface area contributed by atoms with Crippen LogP contribution in [0.1, 0.15) is 40.3 Å². The van der Waals surface area contributed by atoms with Crippen LogP contribution in [0.25, 0.3) is 0 Å². The van der Waals surface area contributed by atoms with Gasteiger partial charge in [0.15, 0.2) is 5.78 Å². The first-order valence-corrected chi connectivity index (χ1v) is 7.81. The molecule has 2 aromatic heterocycles. The number of halogens is 1. The largest absolute Gasteiger partial charge is 0.345 e. The molecule has 0 spiro atoms. The van der Waals surface area contributed by atoms with E-state index in [9.17, 15) is 4.79 Å². The molecule has 2 nitrogen and oxygen atoms in total. The van der Waals surface area contributed by atoms with Gasteiger partial charge in [-0.25, -0.2) is 0 Å². The maximum atomic E-state index is 11.8. The van der Waals surface area contributed by atoms with Crippen molar-refractivity contribution in [1.82, 2.24) is 4.57 Å². The fourth-order valence-corrected chi connectivity index (χ4v) is 3.48. The number of ketones is 1. The van der Waals surface area contributed by atoms with Crippen molar-refractivity contribution in [3.05, 3.63) is 45.4 Å². The summed E-state index contributed by atoms with van der Waals surface area (Å²) in [4.78, 5) is 11.8. The Kier molecular flexibility index (Phi) is 4.48. The number of aromatic nitrogens is 1. The van der Waals surface area contributed by atoms with Gasteiger partial charge in [0.05, 0.1) is 5.88 Å². The van der Waals surface area contributed by atoms with Crippen molar-refractivity contribution in [2.75, 3.05) is 5.88 Å². The lowest BCUT2D eigenvalue weighted by Crippen LogP contribution is -2.12. The number of nitrogens with zero attached hydrogens (tertiary/aromatic N) is 1. The predicted molar refractivity (Wildman–Crippen MR) is 81.7 cm³/mol. The van der Waals surface area contributed by atoms with E-state index in [1.165, 1.54) is 5.56 Å². The zero-order valence-electron chi connectivity index (χ0n) is 11.4. The van der Waals surface area contributed by atoms with Crippen LogP contribution in [-0.2, 0) is 6.42 Å². The second kappa shape index (κ2) is 5.93. The summed E-state index contributed by atoms with van der Waals surface area (Å²) in [6.45, 7) is 6.23. The van der Waals surface area contributed by atoms with Crippen LogP contribution in [0.15, 0.2) is 22.9 Å². The van der Waals surface area contributed by atoms with E-state index < -0.39 is 0 Å². The highest BCUT2D eigenvalue weighted by molar-refractivity contribution is 7.07. The van der Waals surface area contributed by atoms with E-state index >= 15 is 0 Å². The van der Waals surface area contributed by atoms with Crippen molar-refractivity contribution in [1.29, 1.82) is 0 Å². The minimum absolute atomic E-state index is 0.00347. The Morgan fingerprint density at radius 2 is 2.21 bits per heavy atom. The quantitative estimate of drug-likeness (QED) is 0.592. The Balaban J connectivity index is 2.29. The van der Waals surface area contributed by atoms with E-state index in [0.29, 0.717) is 6.04 Å². The SMILES string of the molecule is Cc1cc(C(=O)CCl)c(C)n1C(C)Cc1ccsc1. The molecule has 1 atom stereocenters. The molecule has 0 bridgehead atoms. The summed E-state index contributed by atoms with van der Waals surface area (Å²) in [7, 11) is 0. The molecule has 0 saturated heterocycles. The summed E-state index contributed by atoms with van der Waals surface area (Å²) in [5.74, 6) is 0.0483. The minimum atomic E-state index is 0.00347. The monoisotopic (exact) mass is 295 g/mol. The molecule has 0 radical (unpaired) electrons. The summed E-state index contributed by atoms with van der Waals surface area (Å²) >= 11 is 7.38. The van der Waals surface area contributed by atoms with E-state index in [-0.39, 0.29) is 11.7 Å². The molecular formula is C15H18ClNOS. The molecule has 102 valence electrons. The van der Waals surface area contributed by atoms with E-state index in [1.54, 1.807) is 11.3 Å². The van der Waals surface area contributed by atoms with Gasteiger partial charge in [0.1, 0.15) is 0 Å². The Morgan fingerprint density at radius 1 is 1.47 bits per heavy atom. The minimum Gasteiger partial charge on any atom is -0.345 e. The molecule has 0 aliphatic heterocycles. The summed E-state index contributed by atoms with van der Waals surface area (Å²) < 4.78 is 2.23. The normalized spacial score (nSPS) is 12.6. The fraction of sp³-hybridized carbons (Fsp3) is 0.400. The number of hydrogen-bond donors (Lipinski definition) is 0. The van der Waals surface area contributed by atoms with Crippen LogP contribution in [0.5, 0.6) is 0 Å². The lowest BCUT2D eigenvalue weighted by Gasteiger charge is -2.18. The molecule has 0 fully saturated rings. The number of Topliss-reactive ketones (excluding diaryl/α,β-unsaturated/α-hetero) is 1. The number of rotatable bonds is 5. The first-order chi connectivity index (χ1) is 9.04. The van der Waals surface area contributed by atoms with Crippen molar-refractivity contribution in [3.8, 4) is 0 Å². The second-order valence-electron chi connectivity index (χ2n) is 4.90. The summed E-state index contributed by atoms with van der Waals surface area (Å²) in [6, 6.07) is 4.44. The molecule has 1 unspecified atom stereocenters. The number of aryl methyl sites for hydroxylation is 1. The topological polar surface area (TPSA) is 22.0 Å². The van der Waals surface area contributed by atoms with Crippen molar-refractivity contribution in [2.45, 2.75) is 33.2 Å². The van der Waals surface area contributed by atoms with Crippen LogP contribution in [0.4, 0.5) is 0 Å². The number of thiophene rings is 1. The molecule has 0 aromatic carbocycles. The molecule has 0 N–H and O–H groups in total. The van der Waals surface area contributed by atoms with Crippen LogP contribution in [-0.4, -0.2) is 16.2 Å². The van der Waals surface area contributed by atoms with E-state index in [2.05, 4.69) is 28.3 Å². The third-order valence-corrected chi connectivity index (χ3v) is 4.43. The smallest absolute Gasteiger partial charge is 0.179 e. The first kappa shape index (κ1) is 14.4. The van der Waals surface area contributed by atoms with Crippen molar-refractivity contribution in [2.24, 2.45) is 0 Å². The third kappa shape index (κ3) is 2.93. The van der Waals surface area contributed by atoms with Crippen LogP contribution in [0, 0.1) is 13.8 Å². The number of carbonyl (C=O) groups is 1. The average molecular weight is 296 g/mol. The molecule has 0 saturated carbocycles. The highest BCUT2D eigenvalue weighted by Crippen LogP contribution is 2.24. The van der Waals surface area contributed by atoms with Crippen LogP contribution in [0.2, 0.25) is 0 Å². The van der Waals surface area contributed by atoms with Gasteiger partial charge in [0.25, 0.3) is 0 Å². The highest BCUT2D eigenvalue weighted by atomic mass is 35.5. The molecule has 2 heterocycles. The lowest BCUT2D eigenvalue weighted by molar-refractivity contribution is 0.102. The first-order valence-electron chi connectivity index (χ1n) is 6.33. The molecule has 0 aliphatic carbocycles. The van der Waals surface area contributed by atoms with Gasteiger partial charge in [-0.05, 0) is 55.6 Å². The van der Waals surface area contributed by atoms with Crippen molar-refractivity contribution >= 4 is 28.7 Å². The third-order valence-electron chi connectivity index (χ3n) is 3.46. The molecule has 19 heavy (non-hydrogen) atoms. The van der Waals surface area contributed by atoms with Gasteiger partial charge in [-0.3, -0.25) is 4.79 Å². The average Bonchev–Trinajstić information content (AvgIpc) is 2.96. The Hall–Kier alpha value is -1.06. The van der Waals surface area contributed by atoms with Gasteiger partial charge in [-0.2, -0.15) is 11.3 Å². The Labute approximate surface area is 123 Å². The summed E-state index contributed by atoms with van der Waals surface area (Å²) in [5.41, 5.74) is 4.24. The lowest BCUT2D eigenvalue weighted by atomic mass is 10.1. The van der Waals surface area contributed by atoms with Gasteiger partial charge in [0, 0.05) is 23.0 Å². The van der Waals surface area contributed by atoms with E-state index in [1.807, 2.05) is 19.9 Å². The van der Waals surface area contributed by atoms with Gasteiger partial charge in [0.2, 0.25) is 0 Å². The maximum absolute atomic E-state index is 11.8. The van der Waals surface area contributed by atoms with Crippen LogP contribution in [0.3, 0.4) is 0 Å². The van der Waals surface area contributed by atoms with Crippen LogP contribution < -0.4 is 0 Å². The molecule has 0 amide bonds. The number of alkyl halides is 1. The molecule has 2 aromatic rings. The zero-order chi connectivity index (χ0) is 14.0. The van der Waals surface area contributed by atoms with E-state index in [0.717, 1.165) is 23.4 Å². The van der Waals surface area contributed by atoms with Gasteiger partial charge < -0.3 is 4.57 Å². The Morgan fingerprint density at radius 3 is 2.79 bits per heavy atom. The molecule has 0 aliphatic rings. The second-order valence-corrected chi connectivity index (χ2v) is 5.94. The molecule has 2 rings (SSSR count). The zero-order valence-corrected chi connectivity index (χ0v) is 13.0. The number of carbonyl (C=O) groups excluding carboxylic acids is 1. The summed E-state index contributed by atoms with van der Waals surface area (Å²) in [5, 5.41) is 4.27. The van der Waals surface area contributed by atoms with Crippen LogP contribution >= 0.6 is 22.9 Å². The molecule has 4 heteroatoms. The van der Waals surface area contributed by atoms with Crippen molar-refractivity contribution in [3.63, 3.8) is 0 Å². The highest BCUT2D eigenvalue weighted by Gasteiger charge is 2.18. The van der Waals surface area contributed by atoms with Crippen molar-refractivity contribution < 1.29 is 4.79 Å². The summed E-state index contributed by atoms with van der Waals surface area (Å²) in [6.07, 6.45) is 0.981. The fourth-order valence-electron chi connectivity index (χ4n) is 2.65.